The molecule has 0 bridgehead atoms. The second-order valence-electron chi connectivity index (χ2n) is 5.88. The normalized spacial score (nSPS) is 11.6. The summed E-state index contributed by atoms with van der Waals surface area (Å²) < 4.78 is 25.5. The van der Waals surface area contributed by atoms with E-state index in [-0.39, 0.29) is 10.5 Å². The molecule has 28 heavy (non-hydrogen) atoms. The SMILES string of the molecule is CON(C)S(=O)(=O)c1cccc(C(=O)Nc2nc(C)c(-c3ccccc3)s2)c1. The molecule has 9 heteroatoms. The molecular weight excluding hydrogens is 398 g/mol. The highest BCUT2D eigenvalue weighted by Gasteiger charge is 2.22. The Morgan fingerprint density at radius 2 is 1.86 bits per heavy atom. The quantitative estimate of drug-likeness (QED) is 0.620. The third-order valence-electron chi connectivity index (χ3n) is 4.04. The number of aromatic nitrogens is 1. The van der Waals surface area contributed by atoms with Gasteiger partial charge in [0, 0.05) is 12.6 Å². The van der Waals surface area contributed by atoms with Crippen molar-refractivity contribution in [2.24, 2.45) is 0 Å². The molecule has 0 aliphatic carbocycles. The number of thiazole rings is 1. The van der Waals surface area contributed by atoms with Gasteiger partial charge in [-0.1, -0.05) is 52.2 Å². The molecule has 1 heterocycles. The van der Waals surface area contributed by atoms with Crippen LogP contribution >= 0.6 is 11.3 Å². The van der Waals surface area contributed by atoms with Gasteiger partial charge in [-0.3, -0.25) is 14.9 Å². The van der Waals surface area contributed by atoms with Gasteiger partial charge >= 0.3 is 0 Å². The number of sulfonamides is 1. The summed E-state index contributed by atoms with van der Waals surface area (Å²) in [5.41, 5.74) is 2.04. The summed E-state index contributed by atoms with van der Waals surface area (Å²) in [6.45, 7) is 1.88. The largest absolute Gasteiger partial charge is 0.298 e. The Balaban J connectivity index is 1.84. The van der Waals surface area contributed by atoms with Crippen LogP contribution in [0.25, 0.3) is 10.4 Å². The first-order valence-corrected chi connectivity index (χ1v) is 10.6. The monoisotopic (exact) mass is 417 g/mol. The molecule has 0 aliphatic heterocycles. The molecule has 0 fully saturated rings. The number of hydrogen-bond donors (Lipinski definition) is 1. The van der Waals surface area contributed by atoms with Crippen LogP contribution in [0.3, 0.4) is 0 Å². The van der Waals surface area contributed by atoms with E-state index >= 15 is 0 Å². The fraction of sp³-hybridized carbons (Fsp3) is 0.158. The summed E-state index contributed by atoms with van der Waals surface area (Å²) in [4.78, 5) is 22.7. The Hall–Kier alpha value is -2.59. The number of benzene rings is 2. The zero-order valence-corrected chi connectivity index (χ0v) is 17.2. The van der Waals surface area contributed by atoms with Gasteiger partial charge in [-0.25, -0.2) is 13.4 Å². The van der Waals surface area contributed by atoms with Crippen molar-refractivity contribution >= 4 is 32.4 Å². The number of anilines is 1. The maximum atomic E-state index is 12.6. The smallest absolute Gasteiger partial charge is 0.264 e. The van der Waals surface area contributed by atoms with Gasteiger partial charge < -0.3 is 0 Å². The van der Waals surface area contributed by atoms with Crippen LogP contribution in [0.1, 0.15) is 16.1 Å². The van der Waals surface area contributed by atoms with Gasteiger partial charge in [0.05, 0.1) is 22.6 Å². The van der Waals surface area contributed by atoms with Gasteiger partial charge in [-0.2, -0.15) is 0 Å². The van der Waals surface area contributed by atoms with Crippen molar-refractivity contribution in [3.05, 3.63) is 65.9 Å². The minimum absolute atomic E-state index is 0.0372. The standard InChI is InChI=1S/C19H19N3O4S2/c1-13-17(14-8-5-4-6-9-14)27-19(20-13)21-18(23)15-10-7-11-16(12-15)28(24,25)22(2)26-3/h4-12H,1-3H3,(H,20,21,23). The van der Waals surface area contributed by atoms with Crippen LogP contribution in [0.4, 0.5) is 5.13 Å². The molecule has 0 aliphatic rings. The second-order valence-corrected chi connectivity index (χ2v) is 8.81. The summed E-state index contributed by atoms with van der Waals surface area (Å²) in [7, 11) is -1.30. The number of nitrogens with zero attached hydrogens (tertiary/aromatic N) is 2. The molecule has 1 aromatic heterocycles. The highest BCUT2D eigenvalue weighted by atomic mass is 32.2. The van der Waals surface area contributed by atoms with Crippen molar-refractivity contribution in [2.45, 2.75) is 11.8 Å². The first-order chi connectivity index (χ1) is 13.3. The van der Waals surface area contributed by atoms with Crippen molar-refractivity contribution in [3.63, 3.8) is 0 Å². The van der Waals surface area contributed by atoms with Crippen molar-refractivity contribution in [1.29, 1.82) is 0 Å². The number of aryl methyl sites for hydroxylation is 1. The molecule has 146 valence electrons. The van der Waals surface area contributed by atoms with E-state index in [1.165, 1.54) is 43.7 Å². The molecular formula is C19H19N3O4S2. The van der Waals surface area contributed by atoms with Crippen LogP contribution in [0.5, 0.6) is 0 Å². The molecule has 0 saturated heterocycles. The van der Waals surface area contributed by atoms with E-state index in [0.29, 0.717) is 5.13 Å². The van der Waals surface area contributed by atoms with E-state index in [1.54, 1.807) is 6.07 Å². The number of carbonyl (C=O) groups is 1. The zero-order valence-electron chi connectivity index (χ0n) is 15.5. The summed E-state index contributed by atoms with van der Waals surface area (Å²) in [5.74, 6) is -0.439. The molecule has 7 nitrogen and oxygen atoms in total. The minimum atomic E-state index is -3.84. The van der Waals surface area contributed by atoms with Gasteiger partial charge in [0.1, 0.15) is 0 Å². The summed E-state index contributed by atoms with van der Waals surface area (Å²) in [6.07, 6.45) is 0. The van der Waals surface area contributed by atoms with Gasteiger partial charge in [0.15, 0.2) is 5.13 Å². The Bertz CT molecular complexity index is 1100. The van der Waals surface area contributed by atoms with Gasteiger partial charge in [-0.05, 0) is 30.7 Å². The highest BCUT2D eigenvalue weighted by Crippen LogP contribution is 2.32. The van der Waals surface area contributed by atoms with E-state index in [2.05, 4.69) is 10.3 Å². The lowest BCUT2D eigenvalue weighted by Gasteiger charge is -2.14. The van der Waals surface area contributed by atoms with Gasteiger partial charge in [-0.15, -0.1) is 0 Å². The number of hydrogen-bond acceptors (Lipinski definition) is 6. The van der Waals surface area contributed by atoms with Crippen molar-refractivity contribution in [2.75, 3.05) is 19.5 Å². The Kier molecular flexibility index (Phi) is 5.90. The Morgan fingerprint density at radius 1 is 1.14 bits per heavy atom. The number of hydroxylamine groups is 1. The minimum Gasteiger partial charge on any atom is -0.298 e. The summed E-state index contributed by atoms with van der Waals surface area (Å²) in [5, 5.41) is 3.19. The van der Waals surface area contributed by atoms with Crippen molar-refractivity contribution < 1.29 is 18.0 Å². The molecule has 2 aromatic carbocycles. The average Bonchev–Trinajstić information content (AvgIpc) is 3.08. The van der Waals surface area contributed by atoms with Crippen molar-refractivity contribution in [3.8, 4) is 10.4 Å². The number of carbonyl (C=O) groups excluding carboxylic acids is 1. The third kappa shape index (κ3) is 4.12. The Morgan fingerprint density at radius 3 is 2.54 bits per heavy atom. The molecule has 3 rings (SSSR count). The molecule has 3 aromatic rings. The summed E-state index contributed by atoms with van der Waals surface area (Å²) in [6, 6.07) is 15.5. The van der Waals surface area contributed by atoms with E-state index in [0.717, 1.165) is 20.6 Å². The summed E-state index contributed by atoms with van der Waals surface area (Å²) >= 11 is 1.36. The van der Waals surface area contributed by atoms with Crippen LogP contribution in [0, 0.1) is 6.92 Å². The lowest BCUT2D eigenvalue weighted by Crippen LogP contribution is -2.26. The first-order valence-electron chi connectivity index (χ1n) is 8.30. The fourth-order valence-corrected chi connectivity index (χ4v) is 4.51. The topological polar surface area (TPSA) is 88.6 Å². The lowest BCUT2D eigenvalue weighted by atomic mass is 10.2. The van der Waals surface area contributed by atoms with E-state index in [9.17, 15) is 13.2 Å². The predicted octanol–water partition coefficient (Wildman–Crippen LogP) is 3.55. The van der Waals surface area contributed by atoms with Crippen LogP contribution in [-0.4, -0.2) is 37.9 Å². The average molecular weight is 418 g/mol. The maximum Gasteiger partial charge on any atom is 0.264 e. The molecule has 0 spiro atoms. The van der Waals surface area contributed by atoms with Crippen LogP contribution < -0.4 is 5.32 Å². The maximum absolute atomic E-state index is 12.6. The van der Waals surface area contributed by atoms with Crippen LogP contribution in [0.15, 0.2) is 59.5 Å². The number of amides is 1. The van der Waals surface area contributed by atoms with E-state index in [4.69, 9.17) is 4.84 Å². The first kappa shape index (κ1) is 20.2. The predicted molar refractivity (Wildman–Crippen MR) is 109 cm³/mol. The molecule has 1 N–H and O–H groups in total. The number of nitrogens with one attached hydrogen (secondary N) is 1. The van der Waals surface area contributed by atoms with Gasteiger partial charge in [0.2, 0.25) is 0 Å². The molecule has 0 unspecified atom stereocenters. The third-order valence-corrected chi connectivity index (χ3v) is 6.84. The van der Waals surface area contributed by atoms with Gasteiger partial charge in [0.25, 0.3) is 15.9 Å². The van der Waals surface area contributed by atoms with Crippen molar-refractivity contribution in [1.82, 2.24) is 9.45 Å². The zero-order chi connectivity index (χ0) is 20.3. The Labute approximate surface area is 167 Å². The molecule has 0 atom stereocenters. The fourth-order valence-electron chi connectivity index (χ4n) is 2.52. The van der Waals surface area contributed by atoms with Crippen LogP contribution in [0.2, 0.25) is 0 Å². The molecule has 0 radical (unpaired) electrons. The second kappa shape index (κ2) is 8.19. The van der Waals surface area contributed by atoms with E-state index < -0.39 is 15.9 Å². The molecule has 1 amide bonds. The highest BCUT2D eigenvalue weighted by molar-refractivity contribution is 7.89. The number of rotatable bonds is 6. The van der Waals surface area contributed by atoms with Crippen LogP contribution in [-0.2, 0) is 14.9 Å². The van der Waals surface area contributed by atoms with E-state index in [1.807, 2.05) is 37.3 Å². The lowest BCUT2D eigenvalue weighted by molar-refractivity contribution is -0.0258. The molecule has 0 saturated carbocycles.